The van der Waals surface area contributed by atoms with E-state index in [1.165, 1.54) is 24.3 Å². The van der Waals surface area contributed by atoms with Crippen molar-refractivity contribution in [2.75, 3.05) is 0 Å². The average molecular weight is 259 g/mol. The molecule has 0 aliphatic carbocycles. The van der Waals surface area contributed by atoms with Crippen LogP contribution in [0.3, 0.4) is 0 Å². The molecule has 0 aliphatic rings. The third-order valence-corrected chi connectivity index (χ3v) is 2.51. The van der Waals surface area contributed by atoms with Gasteiger partial charge in [-0.2, -0.15) is 0 Å². The Morgan fingerprint density at radius 2 is 1.84 bits per heavy atom. The van der Waals surface area contributed by atoms with Crippen LogP contribution in [-0.4, -0.2) is 9.91 Å². The van der Waals surface area contributed by atoms with E-state index in [0.717, 1.165) is 5.69 Å². The second-order valence-electron chi connectivity index (χ2n) is 4.06. The first-order valence-corrected chi connectivity index (χ1v) is 5.70. The van der Waals surface area contributed by atoms with Gasteiger partial charge in [-0.15, -0.1) is 0 Å². The van der Waals surface area contributed by atoms with Crippen molar-refractivity contribution in [2.45, 2.75) is 13.0 Å². The number of hydrogen-bond donors (Lipinski definition) is 1. The second-order valence-corrected chi connectivity index (χ2v) is 4.06. The number of rotatable bonds is 4. The number of hydrogen-bond acceptors (Lipinski definition) is 5. The predicted octanol–water partition coefficient (Wildman–Crippen LogP) is 2.80. The van der Waals surface area contributed by atoms with Gasteiger partial charge in [0.1, 0.15) is 11.5 Å². The minimum absolute atomic E-state index is 0.0257. The summed E-state index contributed by atoms with van der Waals surface area (Å²) < 4.78 is 5.52. The molecule has 0 amide bonds. The molecule has 1 aromatic carbocycles. The normalized spacial score (nSPS) is 11.9. The van der Waals surface area contributed by atoms with Gasteiger partial charge in [-0.1, -0.05) is 0 Å². The number of nitro groups is 1. The van der Waals surface area contributed by atoms with Gasteiger partial charge in [0.15, 0.2) is 0 Å². The third kappa shape index (κ3) is 3.26. The maximum absolute atomic E-state index is 10.5. The van der Waals surface area contributed by atoms with Crippen LogP contribution in [0.1, 0.15) is 18.7 Å². The van der Waals surface area contributed by atoms with Crippen LogP contribution in [0.5, 0.6) is 11.5 Å². The van der Waals surface area contributed by atoms with E-state index in [2.05, 4.69) is 4.98 Å². The van der Waals surface area contributed by atoms with Gasteiger partial charge in [-0.25, -0.2) is 0 Å². The third-order valence-electron chi connectivity index (χ3n) is 2.51. The molecule has 6 nitrogen and oxygen atoms in total. The van der Waals surface area contributed by atoms with Crippen LogP contribution in [0.4, 0.5) is 5.69 Å². The molecule has 0 radical (unpaired) electrons. The van der Waals surface area contributed by atoms with Gasteiger partial charge in [0, 0.05) is 18.2 Å². The summed E-state index contributed by atoms with van der Waals surface area (Å²) in [6.07, 6.45) is 1.57. The number of ether oxygens (including phenoxy) is 1. The molecule has 0 bridgehead atoms. The Balaban J connectivity index is 2.10. The van der Waals surface area contributed by atoms with E-state index < -0.39 is 4.92 Å². The molecule has 19 heavy (non-hydrogen) atoms. The lowest BCUT2D eigenvalue weighted by Crippen LogP contribution is -2.06. The highest BCUT2D eigenvalue weighted by atomic mass is 16.6. The Morgan fingerprint density at radius 1 is 1.21 bits per heavy atom. The van der Waals surface area contributed by atoms with Crippen molar-refractivity contribution in [1.29, 1.82) is 0 Å². The minimum atomic E-state index is -0.456. The molecule has 2 N–H and O–H groups in total. The van der Waals surface area contributed by atoms with E-state index in [-0.39, 0.29) is 11.7 Å². The number of nitrogens with two attached hydrogens (primary N) is 1. The molecule has 0 saturated carbocycles. The minimum Gasteiger partial charge on any atom is -0.456 e. The molecule has 1 heterocycles. The Bertz CT molecular complexity index is 565. The molecule has 2 rings (SSSR count). The summed E-state index contributed by atoms with van der Waals surface area (Å²) in [5, 5.41) is 10.5. The molecular formula is C13H13N3O3. The lowest BCUT2D eigenvalue weighted by Gasteiger charge is -2.07. The predicted molar refractivity (Wildman–Crippen MR) is 70.0 cm³/mol. The summed E-state index contributed by atoms with van der Waals surface area (Å²) in [5.41, 5.74) is 6.49. The standard InChI is InChI=1S/C13H13N3O3/c1-9(14)13-7-6-12(8-15-13)19-11-4-2-10(3-5-11)16(17)18/h2-9H,14H2,1H3/t9-/m0/s1. The van der Waals surface area contributed by atoms with Crippen molar-refractivity contribution in [3.05, 3.63) is 58.4 Å². The molecule has 1 atom stereocenters. The average Bonchev–Trinajstić information content (AvgIpc) is 2.40. The zero-order valence-electron chi connectivity index (χ0n) is 10.3. The number of pyridine rings is 1. The van der Waals surface area contributed by atoms with E-state index in [1.807, 2.05) is 6.92 Å². The molecule has 0 spiro atoms. The Kier molecular flexibility index (Phi) is 3.72. The smallest absolute Gasteiger partial charge is 0.269 e. The van der Waals surface area contributed by atoms with Crippen molar-refractivity contribution >= 4 is 5.69 Å². The van der Waals surface area contributed by atoms with Crippen molar-refractivity contribution < 1.29 is 9.66 Å². The fraction of sp³-hybridized carbons (Fsp3) is 0.154. The first kappa shape index (κ1) is 13.0. The number of non-ortho nitro benzene ring substituents is 1. The maximum atomic E-state index is 10.5. The SMILES string of the molecule is C[C@H](N)c1ccc(Oc2ccc([N+](=O)[O-])cc2)cn1. The summed E-state index contributed by atoms with van der Waals surface area (Å²) in [6.45, 7) is 1.85. The van der Waals surface area contributed by atoms with Crippen LogP contribution in [0, 0.1) is 10.1 Å². The Labute approximate surface area is 110 Å². The zero-order valence-corrected chi connectivity index (χ0v) is 10.3. The van der Waals surface area contributed by atoms with E-state index in [0.29, 0.717) is 11.5 Å². The van der Waals surface area contributed by atoms with Crippen LogP contribution >= 0.6 is 0 Å². The number of nitro benzene ring substituents is 1. The molecule has 0 fully saturated rings. The first-order chi connectivity index (χ1) is 9.06. The highest BCUT2D eigenvalue weighted by Crippen LogP contribution is 2.23. The van der Waals surface area contributed by atoms with Crippen LogP contribution in [0.15, 0.2) is 42.6 Å². The van der Waals surface area contributed by atoms with Crippen LogP contribution in [0.25, 0.3) is 0 Å². The fourth-order valence-electron chi connectivity index (χ4n) is 1.49. The summed E-state index contributed by atoms with van der Waals surface area (Å²) >= 11 is 0. The topological polar surface area (TPSA) is 91.3 Å². The molecule has 0 saturated heterocycles. The molecular weight excluding hydrogens is 246 g/mol. The lowest BCUT2D eigenvalue weighted by atomic mass is 10.2. The van der Waals surface area contributed by atoms with E-state index in [4.69, 9.17) is 10.5 Å². The molecule has 2 aromatic rings. The number of aromatic nitrogens is 1. The number of benzene rings is 1. The molecule has 98 valence electrons. The first-order valence-electron chi connectivity index (χ1n) is 5.70. The summed E-state index contributed by atoms with van der Waals surface area (Å²) in [4.78, 5) is 14.2. The van der Waals surface area contributed by atoms with E-state index >= 15 is 0 Å². The second kappa shape index (κ2) is 5.45. The van der Waals surface area contributed by atoms with Crippen molar-refractivity contribution in [2.24, 2.45) is 5.73 Å². The highest BCUT2D eigenvalue weighted by Gasteiger charge is 2.06. The van der Waals surface area contributed by atoms with Crippen molar-refractivity contribution in [3.8, 4) is 11.5 Å². The molecule has 0 aliphatic heterocycles. The lowest BCUT2D eigenvalue weighted by molar-refractivity contribution is -0.384. The van der Waals surface area contributed by atoms with E-state index in [1.54, 1.807) is 18.3 Å². The number of nitrogens with zero attached hydrogens (tertiary/aromatic N) is 2. The van der Waals surface area contributed by atoms with E-state index in [9.17, 15) is 10.1 Å². The molecule has 0 unspecified atom stereocenters. The van der Waals surface area contributed by atoms with Gasteiger partial charge in [-0.05, 0) is 31.2 Å². The maximum Gasteiger partial charge on any atom is 0.269 e. The van der Waals surface area contributed by atoms with Crippen LogP contribution in [0.2, 0.25) is 0 Å². The summed E-state index contributed by atoms with van der Waals surface area (Å²) in [7, 11) is 0. The Hall–Kier alpha value is -2.47. The molecule has 1 aromatic heterocycles. The zero-order chi connectivity index (χ0) is 13.8. The quantitative estimate of drug-likeness (QED) is 0.673. The van der Waals surface area contributed by atoms with Gasteiger partial charge in [0.05, 0.1) is 16.8 Å². The monoisotopic (exact) mass is 259 g/mol. The summed E-state index contributed by atoms with van der Waals surface area (Å²) in [6, 6.07) is 9.26. The van der Waals surface area contributed by atoms with Gasteiger partial charge < -0.3 is 10.5 Å². The van der Waals surface area contributed by atoms with Gasteiger partial charge >= 0.3 is 0 Å². The van der Waals surface area contributed by atoms with Crippen molar-refractivity contribution in [1.82, 2.24) is 4.98 Å². The van der Waals surface area contributed by atoms with Gasteiger partial charge in [0.2, 0.25) is 0 Å². The summed E-state index contributed by atoms with van der Waals surface area (Å²) in [5.74, 6) is 1.07. The molecule has 6 heteroatoms. The highest BCUT2D eigenvalue weighted by molar-refractivity contribution is 5.38. The largest absolute Gasteiger partial charge is 0.456 e. The van der Waals surface area contributed by atoms with Gasteiger partial charge in [0.25, 0.3) is 5.69 Å². The van der Waals surface area contributed by atoms with Crippen LogP contribution in [-0.2, 0) is 0 Å². The van der Waals surface area contributed by atoms with Crippen molar-refractivity contribution in [3.63, 3.8) is 0 Å². The fourth-order valence-corrected chi connectivity index (χ4v) is 1.49. The van der Waals surface area contributed by atoms with Gasteiger partial charge in [-0.3, -0.25) is 15.1 Å². The van der Waals surface area contributed by atoms with Crippen LogP contribution < -0.4 is 10.5 Å². The Morgan fingerprint density at radius 3 is 2.32 bits per heavy atom.